The van der Waals surface area contributed by atoms with Gasteiger partial charge in [-0.2, -0.15) is 13.2 Å². The van der Waals surface area contributed by atoms with Crippen molar-refractivity contribution in [3.05, 3.63) is 64.7 Å². The predicted octanol–water partition coefficient (Wildman–Crippen LogP) is 5.82. The molecule has 2 aliphatic carbocycles. The monoisotopic (exact) mass is 467 g/mol. The van der Waals surface area contributed by atoms with Crippen LogP contribution in [-0.4, -0.2) is 31.8 Å². The molecular weight excluding hydrogens is 438 g/mol. The molecule has 1 aromatic rings. The number of methoxy groups -OCH3 is 1. The van der Waals surface area contributed by atoms with E-state index in [1.165, 1.54) is 19.3 Å². The standard InChI is InChI=1S/C25H29F4NO3/c1-5-16-6-7-17(33-13-25(27,28)29)8-10-19(16)15(3)30-24(31)23-14(2)22(23)20-11-9-18(32-4)12-21(20)26/h7-12,14-15,22-23H,5-6,13H2,1-4H3,(H,30,31). The summed E-state index contributed by atoms with van der Waals surface area (Å²) < 4.78 is 61.8. The van der Waals surface area contributed by atoms with E-state index in [0.29, 0.717) is 24.2 Å². The number of carbonyl (C=O) groups excluding carboxylic acids is 1. The molecule has 1 fully saturated rings. The summed E-state index contributed by atoms with van der Waals surface area (Å²) in [4.78, 5) is 13.0. The Morgan fingerprint density at radius 3 is 2.61 bits per heavy atom. The van der Waals surface area contributed by atoms with E-state index in [-0.39, 0.29) is 35.5 Å². The van der Waals surface area contributed by atoms with E-state index >= 15 is 0 Å². The zero-order valence-electron chi connectivity index (χ0n) is 19.1. The Morgan fingerprint density at radius 2 is 2.00 bits per heavy atom. The summed E-state index contributed by atoms with van der Waals surface area (Å²) in [5.41, 5.74) is 2.34. The Morgan fingerprint density at radius 1 is 1.27 bits per heavy atom. The maximum atomic E-state index is 14.5. The predicted molar refractivity (Wildman–Crippen MR) is 117 cm³/mol. The molecule has 0 radical (unpaired) electrons. The smallest absolute Gasteiger partial charge is 0.422 e. The molecular formula is C25H29F4NO3. The number of allylic oxidation sites excluding steroid dienone is 3. The fourth-order valence-electron chi connectivity index (χ4n) is 4.40. The Balaban J connectivity index is 1.67. The highest BCUT2D eigenvalue weighted by Gasteiger charge is 2.53. The largest absolute Gasteiger partial charge is 0.497 e. The zero-order chi connectivity index (χ0) is 24.3. The van der Waals surface area contributed by atoms with Crippen LogP contribution in [0.25, 0.3) is 0 Å². The van der Waals surface area contributed by atoms with Crippen molar-refractivity contribution in [3.8, 4) is 5.75 Å². The quantitative estimate of drug-likeness (QED) is 0.491. The van der Waals surface area contributed by atoms with Gasteiger partial charge >= 0.3 is 6.18 Å². The third-order valence-corrected chi connectivity index (χ3v) is 6.29. The van der Waals surface area contributed by atoms with Crippen molar-refractivity contribution in [1.29, 1.82) is 0 Å². The highest BCUT2D eigenvalue weighted by molar-refractivity contribution is 5.84. The lowest BCUT2D eigenvalue weighted by atomic mass is 9.97. The van der Waals surface area contributed by atoms with Crippen LogP contribution < -0.4 is 10.1 Å². The molecule has 180 valence electrons. The fraction of sp³-hybridized carbons (Fsp3) is 0.480. The Labute approximate surface area is 191 Å². The van der Waals surface area contributed by atoms with Gasteiger partial charge in [-0.3, -0.25) is 4.79 Å². The van der Waals surface area contributed by atoms with Gasteiger partial charge in [0.1, 0.15) is 17.3 Å². The number of hydrogen-bond acceptors (Lipinski definition) is 3. The average Bonchev–Trinajstić information content (AvgIpc) is 3.47. The second kappa shape index (κ2) is 10.0. The Kier molecular flexibility index (Phi) is 7.55. The van der Waals surface area contributed by atoms with Crippen LogP contribution in [0.3, 0.4) is 0 Å². The van der Waals surface area contributed by atoms with Crippen molar-refractivity contribution in [2.45, 2.75) is 51.7 Å². The van der Waals surface area contributed by atoms with E-state index in [1.807, 2.05) is 20.8 Å². The second-order valence-corrected chi connectivity index (χ2v) is 8.49. The van der Waals surface area contributed by atoms with Crippen LogP contribution in [0.2, 0.25) is 0 Å². The van der Waals surface area contributed by atoms with Gasteiger partial charge in [-0.25, -0.2) is 4.39 Å². The van der Waals surface area contributed by atoms with Gasteiger partial charge in [-0.1, -0.05) is 31.6 Å². The summed E-state index contributed by atoms with van der Waals surface area (Å²) >= 11 is 0. The number of nitrogens with one attached hydrogen (secondary N) is 1. The minimum atomic E-state index is -4.41. The number of alkyl halides is 3. The summed E-state index contributed by atoms with van der Waals surface area (Å²) in [7, 11) is 1.47. The molecule has 1 N–H and O–H groups in total. The molecule has 0 aliphatic heterocycles. The lowest BCUT2D eigenvalue weighted by molar-refractivity contribution is -0.163. The van der Waals surface area contributed by atoms with Gasteiger partial charge in [0.05, 0.1) is 13.2 Å². The van der Waals surface area contributed by atoms with Gasteiger partial charge in [-0.15, -0.1) is 0 Å². The average molecular weight is 468 g/mol. The van der Waals surface area contributed by atoms with Crippen LogP contribution in [0.5, 0.6) is 5.75 Å². The minimum absolute atomic E-state index is 0.00608. The van der Waals surface area contributed by atoms with Gasteiger partial charge in [-0.05, 0) is 55.0 Å². The van der Waals surface area contributed by atoms with Gasteiger partial charge < -0.3 is 14.8 Å². The summed E-state index contributed by atoms with van der Waals surface area (Å²) in [6.45, 7) is 4.36. The summed E-state index contributed by atoms with van der Waals surface area (Å²) in [6.07, 6.45) is 1.53. The number of amides is 1. The normalized spacial score (nSPS) is 23.5. The number of carbonyl (C=O) groups is 1. The minimum Gasteiger partial charge on any atom is -0.497 e. The van der Waals surface area contributed by atoms with Crippen molar-refractivity contribution >= 4 is 5.91 Å². The van der Waals surface area contributed by atoms with Crippen LogP contribution >= 0.6 is 0 Å². The number of rotatable bonds is 8. The molecule has 0 aromatic heterocycles. The maximum absolute atomic E-state index is 14.5. The van der Waals surface area contributed by atoms with Crippen LogP contribution in [0.1, 0.15) is 45.1 Å². The first-order chi connectivity index (χ1) is 15.6. The molecule has 4 nitrogen and oxygen atoms in total. The van der Waals surface area contributed by atoms with Gasteiger partial charge in [0, 0.05) is 17.9 Å². The highest BCUT2D eigenvalue weighted by Crippen LogP contribution is 2.54. The van der Waals surface area contributed by atoms with E-state index in [2.05, 4.69) is 5.32 Å². The molecule has 4 unspecified atom stereocenters. The van der Waals surface area contributed by atoms with Crippen LogP contribution in [0.15, 0.2) is 53.3 Å². The van der Waals surface area contributed by atoms with E-state index < -0.39 is 18.6 Å². The Hall–Kier alpha value is -2.77. The van der Waals surface area contributed by atoms with E-state index in [9.17, 15) is 22.4 Å². The highest BCUT2D eigenvalue weighted by atomic mass is 19.4. The topological polar surface area (TPSA) is 47.6 Å². The first-order valence-corrected chi connectivity index (χ1v) is 11.0. The van der Waals surface area contributed by atoms with Crippen LogP contribution in [-0.2, 0) is 9.53 Å². The summed E-state index contributed by atoms with van der Waals surface area (Å²) in [5, 5.41) is 3.01. The van der Waals surface area contributed by atoms with Crippen LogP contribution in [0, 0.1) is 17.7 Å². The van der Waals surface area contributed by atoms with Gasteiger partial charge in [0.25, 0.3) is 0 Å². The number of benzene rings is 1. The number of halogens is 4. The lowest BCUT2D eigenvalue weighted by Crippen LogP contribution is -2.35. The van der Waals surface area contributed by atoms with Crippen LogP contribution in [0.4, 0.5) is 17.6 Å². The molecule has 3 rings (SSSR count). The second-order valence-electron chi connectivity index (χ2n) is 8.49. The van der Waals surface area contributed by atoms with Crippen molar-refractivity contribution in [3.63, 3.8) is 0 Å². The third-order valence-electron chi connectivity index (χ3n) is 6.29. The van der Waals surface area contributed by atoms with Gasteiger partial charge in [0.2, 0.25) is 5.91 Å². The molecule has 4 atom stereocenters. The zero-order valence-corrected chi connectivity index (χ0v) is 19.1. The number of ether oxygens (including phenoxy) is 2. The lowest BCUT2D eigenvalue weighted by Gasteiger charge is -2.19. The molecule has 0 saturated heterocycles. The van der Waals surface area contributed by atoms with Crippen molar-refractivity contribution in [1.82, 2.24) is 5.32 Å². The van der Waals surface area contributed by atoms with E-state index in [0.717, 1.165) is 11.1 Å². The van der Waals surface area contributed by atoms with E-state index in [1.54, 1.807) is 24.3 Å². The molecule has 8 heteroatoms. The summed E-state index contributed by atoms with van der Waals surface area (Å²) in [6, 6.07) is 4.30. The number of hydrogen-bond donors (Lipinski definition) is 1. The maximum Gasteiger partial charge on any atom is 0.422 e. The molecule has 1 saturated carbocycles. The molecule has 0 bridgehead atoms. The molecule has 1 aromatic carbocycles. The molecule has 0 spiro atoms. The van der Waals surface area contributed by atoms with Crippen molar-refractivity contribution < 1.29 is 31.8 Å². The van der Waals surface area contributed by atoms with Crippen molar-refractivity contribution in [2.75, 3.05) is 13.7 Å². The van der Waals surface area contributed by atoms with E-state index in [4.69, 9.17) is 9.47 Å². The van der Waals surface area contributed by atoms with Gasteiger partial charge in [0.15, 0.2) is 6.61 Å². The first-order valence-electron chi connectivity index (χ1n) is 11.0. The summed E-state index contributed by atoms with van der Waals surface area (Å²) in [5.74, 6) is -0.556. The molecule has 33 heavy (non-hydrogen) atoms. The molecule has 0 heterocycles. The Bertz CT molecular complexity index is 980. The third kappa shape index (κ3) is 5.97. The first kappa shape index (κ1) is 24.9. The van der Waals surface area contributed by atoms with Crippen molar-refractivity contribution in [2.24, 2.45) is 11.8 Å². The molecule has 2 aliphatic rings. The SMILES string of the molecule is CCC1=C(C(C)NC(=O)C2C(C)C2c2ccc(OC)cc2F)C=CC(OCC(F)(F)F)=CC1. The fourth-order valence-corrected chi connectivity index (χ4v) is 4.40. The molecule has 1 amide bonds.